The van der Waals surface area contributed by atoms with Gasteiger partial charge in [0.2, 0.25) is 0 Å². The smallest absolute Gasteiger partial charge is 0.338 e. The van der Waals surface area contributed by atoms with Crippen molar-refractivity contribution in [3.63, 3.8) is 0 Å². The normalized spacial score (nSPS) is 27.5. The summed E-state index contributed by atoms with van der Waals surface area (Å²) >= 11 is 0. The van der Waals surface area contributed by atoms with Crippen LogP contribution < -0.4 is 0 Å². The van der Waals surface area contributed by atoms with E-state index in [1.165, 1.54) is 19.2 Å². The molecule has 0 amide bonds. The molecule has 298 valence electrons. The zero-order chi connectivity index (χ0) is 39.9. The van der Waals surface area contributed by atoms with Gasteiger partial charge in [0.15, 0.2) is 36.7 Å². The van der Waals surface area contributed by atoms with Crippen molar-refractivity contribution >= 4 is 23.9 Å². The molecule has 4 aromatic carbocycles. The van der Waals surface area contributed by atoms with E-state index in [1.54, 1.807) is 123 Å². The monoisotopic (exact) mass is 782 g/mol. The van der Waals surface area contributed by atoms with Crippen molar-refractivity contribution in [2.24, 2.45) is 0 Å². The summed E-state index contributed by atoms with van der Waals surface area (Å²) in [4.78, 5) is 54.6. The molecule has 4 unspecified atom stereocenters. The third-order valence-electron chi connectivity index (χ3n) is 9.50. The van der Waals surface area contributed by atoms with Crippen molar-refractivity contribution in [3.8, 4) is 0 Å². The first-order chi connectivity index (χ1) is 27.6. The summed E-state index contributed by atoms with van der Waals surface area (Å²) in [5.74, 6) is -4.09. The van der Waals surface area contributed by atoms with E-state index in [1.807, 2.05) is 0 Å². The van der Waals surface area contributed by atoms with Gasteiger partial charge in [-0.05, 0) is 62.4 Å². The second kappa shape index (κ2) is 17.8. The Morgan fingerprint density at radius 2 is 0.930 bits per heavy atom. The summed E-state index contributed by atoms with van der Waals surface area (Å²) in [6.45, 7) is 2.82. The van der Waals surface area contributed by atoms with Crippen molar-refractivity contribution in [1.29, 1.82) is 0 Å². The SMILES string of the molecule is CO[C@@H]1O[C@H](CO[C@@H]2OC(COC(=O)c3ccccc3)[C@@H](OC(=O)c3ccccc3)[C@H](OC(=O)c3ccccc3)C2OC(=O)c2ccccc2)C2OC(C)(C)OC21. The van der Waals surface area contributed by atoms with Gasteiger partial charge >= 0.3 is 23.9 Å². The molecule has 0 aliphatic carbocycles. The molecule has 0 spiro atoms. The van der Waals surface area contributed by atoms with E-state index in [2.05, 4.69) is 0 Å². The van der Waals surface area contributed by atoms with Crippen LogP contribution in [0.15, 0.2) is 121 Å². The number of rotatable bonds is 13. The Balaban J connectivity index is 1.25. The van der Waals surface area contributed by atoms with Crippen LogP contribution in [0.1, 0.15) is 55.3 Å². The Morgan fingerprint density at radius 3 is 1.42 bits per heavy atom. The Labute approximate surface area is 328 Å². The standard InChI is InChI=1S/C43H42O14/c1-43(2)56-33-31(51-41(48-3)36(33)57-43)25-50-42-35(55-40(47)29-22-14-7-15-23-29)34(54-39(46)28-20-12-6-13-21-28)32(53-38(45)27-18-10-5-11-19-27)30(52-42)24-49-37(44)26-16-8-4-9-17-26/h4-23,30-36,41-42H,24-25H2,1-3H3/t30?,31-,32-,33?,34+,35?,36?,41-,42-/m1/s1. The minimum atomic E-state index is -1.58. The van der Waals surface area contributed by atoms with Gasteiger partial charge in [0.05, 0.1) is 28.9 Å². The third kappa shape index (κ3) is 9.39. The van der Waals surface area contributed by atoms with E-state index in [4.69, 9.17) is 47.4 Å². The fraction of sp³-hybridized carbons (Fsp3) is 0.349. The maximum Gasteiger partial charge on any atom is 0.338 e. The average molecular weight is 783 g/mol. The molecule has 4 aromatic rings. The molecule has 0 aromatic heterocycles. The Kier molecular flexibility index (Phi) is 12.4. The predicted octanol–water partition coefficient (Wildman–Crippen LogP) is 5.15. The van der Waals surface area contributed by atoms with Crippen LogP contribution in [0.2, 0.25) is 0 Å². The van der Waals surface area contributed by atoms with Gasteiger partial charge in [-0.15, -0.1) is 0 Å². The number of hydrogen-bond donors (Lipinski definition) is 0. The van der Waals surface area contributed by atoms with Crippen molar-refractivity contribution < 1.29 is 66.5 Å². The van der Waals surface area contributed by atoms with Crippen LogP contribution in [0.3, 0.4) is 0 Å². The van der Waals surface area contributed by atoms with Crippen molar-refractivity contribution in [3.05, 3.63) is 144 Å². The van der Waals surface area contributed by atoms with Crippen molar-refractivity contribution in [2.75, 3.05) is 20.3 Å². The van der Waals surface area contributed by atoms with Crippen LogP contribution in [0.5, 0.6) is 0 Å². The predicted molar refractivity (Wildman–Crippen MR) is 198 cm³/mol. The molecule has 14 nitrogen and oxygen atoms in total. The highest BCUT2D eigenvalue weighted by Crippen LogP contribution is 2.40. The molecule has 3 aliphatic rings. The summed E-state index contributed by atoms with van der Waals surface area (Å²) in [6, 6.07) is 32.6. The maximum absolute atomic E-state index is 13.9. The molecule has 0 saturated carbocycles. The second-order valence-corrected chi connectivity index (χ2v) is 13.9. The lowest BCUT2D eigenvalue weighted by Gasteiger charge is -2.44. The number of ether oxygens (including phenoxy) is 10. The zero-order valence-corrected chi connectivity index (χ0v) is 31.4. The number of benzene rings is 4. The molecule has 57 heavy (non-hydrogen) atoms. The molecular weight excluding hydrogens is 740 g/mol. The highest BCUT2D eigenvalue weighted by atomic mass is 16.8. The Hall–Kier alpha value is -5.48. The number of methoxy groups -OCH3 is 1. The summed E-state index contributed by atoms with van der Waals surface area (Å²) < 4.78 is 60.6. The molecular formula is C43H42O14. The number of fused-ring (bicyclic) bond motifs is 1. The highest BCUT2D eigenvalue weighted by molar-refractivity contribution is 5.91. The third-order valence-corrected chi connectivity index (χ3v) is 9.50. The fourth-order valence-electron chi connectivity index (χ4n) is 6.82. The first kappa shape index (κ1) is 39.7. The van der Waals surface area contributed by atoms with Gasteiger partial charge in [0.1, 0.15) is 31.0 Å². The molecule has 0 N–H and O–H groups in total. The van der Waals surface area contributed by atoms with Gasteiger partial charge in [0, 0.05) is 7.11 Å². The molecule has 3 fully saturated rings. The second-order valence-electron chi connectivity index (χ2n) is 13.9. The van der Waals surface area contributed by atoms with Crippen molar-refractivity contribution in [1.82, 2.24) is 0 Å². The lowest BCUT2D eigenvalue weighted by molar-refractivity contribution is -0.307. The summed E-state index contributed by atoms with van der Waals surface area (Å²) in [6.07, 6.45) is -10.2. The van der Waals surface area contributed by atoms with Crippen LogP contribution >= 0.6 is 0 Å². The van der Waals surface area contributed by atoms with Gasteiger partial charge in [-0.2, -0.15) is 0 Å². The van der Waals surface area contributed by atoms with E-state index in [0.29, 0.717) is 0 Å². The largest absolute Gasteiger partial charge is 0.459 e. The zero-order valence-electron chi connectivity index (χ0n) is 31.4. The van der Waals surface area contributed by atoms with Crippen LogP contribution in [0, 0.1) is 0 Å². The van der Waals surface area contributed by atoms with E-state index in [-0.39, 0.29) is 28.9 Å². The first-order valence-electron chi connectivity index (χ1n) is 18.4. The minimum Gasteiger partial charge on any atom is -0.459 e. The van der Waals surface area contributed by atoms with E-state index < -0.39 is 91.6 Å². The Bertz CT molecular complexity index is 1980. The number of carbonyl (C=O) groups is 4. The van der Waals surface area contributed by atoms with Gasteiger partial charge in [-0.3, -0.25) is 0 Å². The van der Waals surface area contributed by atoms with Crippen LogP contribution in [0.4, 0.5) is 0 Å². The molecule has 3 saturated heterocycles. The molecule has 7 rings (SSSR count). The maximum atomic E-state index is 13.9. The molecule has 3 heterocycles. The number of carbonyl (C=O) groups excluding carboxylic acids is 4. The van der Waals surface area contributed by atoms with Crippen molar-refractivity contribution in [2.45, 2.75) is 74.9 Å². The number of esters is 4. The molecule has 3 aliphatic heterocycles. The van der Waals surface area contributed by atoms with Gasteiger partial charge in [-0.1, -0.05) is 72.8 Å². The lowest BCUT2D eigenvalue weighted by Crippen LogP contribution is -2.63. The molecule has 0 bridgehead atoms. The van der Waals surface area contributed by atoms with Gasteiger partial charge < -0.3 is 47.4 Å². The number of hydrogen-bond acceptors (Lipinski definition) is 14. The minimum absolute atomic E-state index is 0.159. The lowest BCUT2D eigenvalue weighted by atomic mass is 9.97. The van der Waals surface area contributed by atoms with Crippen LogP contribution in [-0.4, -0.2) is 105 Å². The quantitative estimate of drug-likeness (QED) is 0.129. The molecule has 9 atom stereocenters. The molecule has 14 heteroatoms. The van der Waals surface area contributed by atoms with Gasteiger partial charge in [0.25, 0.3) is 0 Å². The van der Waals surface area contributed by atoms with E-state index >= 15 is 0 Å². The topological polar surface area (TPSA) is 161 Å². The Morgan fingerprint density at radius 1 is 0.509 bits per heavy atom. The molecule has 0 radical (unpaired) electrons. The highest BCUT2D eigenvalue weighted by Gasteiger charge is 2.57. The summed E-state index contributed by atoms with van der Waals surface area (Å²) in [5, 5.41) is 0. The van der Waals surface area contributed by atoms with Crippen LogP contribution in [-0.2, 0) is 47.4 Å². The average Bonchev–Trinajstić information content (AvgIpc) is 3.73. The van der Waals surface area contributed by atoms with E-state index in [0.717, 1.165) is 0 Å². The summed E-state index contributed by atoms with van der Waals surface area (Å²) in [5.41, 5.74) is 0.753. The fourth-order valence-corrected chi connectivity index (χ4v) is 6.82. The van der Waals surface area contributed by atoms with Crippen LogP contribution in [0.25, 0.3) is 0 Å². The summed E-state index contributed by atoms with van der Waals surface area (Å²) in [7, 11) is 1.48. The van der Waals surface area contributed by atoms with Gasteiger partial charge in [-0.25, -0.2) is 19.2 Å². The van der Waals surface area contributed by atoms with E-state index in [9.17, 15) is 19.2 Å². The first-order valence-corrected chi connectivity index (χ1v) is 18.4.